The standard InChI is InChI=1S/C16H25N3O2.ClH/c17-8-9-19(12-14-5-2-1-3-6-14)13-16(20)18-11-15-7-4-10-21-15;/h1-3,5-6,15H,4,7-13,17H2,(H,18,20);1H. The maximum atomic E-state index is 12.0. The zero-order valence-corrected chi connectivity index (χ0v) is 13.7. The second kappa shape index (κ2) is 10.6. The molecule has 3 N–H and O–H groups in total. The number of carbonyl (C=O) groups excluding carboxylic acids is 1. The Hall–Kier alpha value is -1.14. The lowest BCUT2D eigenvalue weighted by atomic mass is 10.2. The molecule has 1 aromatic rings. The van der Waals surface area contributed by atoms with Crippen LogP contribution in [0.3, 0.4) is 0 Å². The van der Waals surface area contributed by atoms with Gasteiger partial charge < -0.3 is 15.8 Å². The summed E-state index contributed by atoms with van der Waals surface area (Å²) in [5.74, 6) is 0.0369. The Morgan fingerprint density at radius 1 is 1.36 bits per heavy atom. The molecule has 2 rings (SSSR count). The molecule has 1 amide bonds. The van der Waals surface area contributed by atoms with E-state index in [0.717, 1.165) is 26.0 Å². The lowest BCUT2D eigenvalue weighted by Crippen LogP contribution is -2.41. The fraction of sp³-hybridized carbons (Fsp3) is 0.562. The molecular formula is C16H26ClN3O2. The van der Waals surface area contributed by atoms with Crippen molar-refractivity contribution in [3.8, 4) is 0 Å². The van der Waals surface area contributed by atoms with E-state index in [2.05, 4.69) is 22.3 Å². The average Bonchev–Trinajstić information content (AvgIpc) is 3.00. The Morgan fingerprint density at radius 3 is 2.77 bits per heavy atom. The van der Waals surface area contributed by atoms with Crippen molar-refractivity contribution in [2.24, 2.45) is 5.73 Å². The third-order valence-corrected chi connectivity index (χ3v) is 3.61. The molecule has 1 heterocycles. The van der Waals surface area contributed by atoms with Gasteiger partial charge in [-0.1, -0.05) is 30.3 Å². The highest BCUT2D eigenvalue weighted by molar-refractivity contribution is 5.85. The van der Waals surface area contributed by atoms with E-state index in [1.54, 1.807) is 0 Å². The molecule has 5 nitrogen and oxygen atoms in total. The zero-order valence-electron chi connectivity index (χ0n) is 12.9. The second-order valence-corrected chi connectivity index (χ2v) is 5.42. The van der Waals surface area contributed by atoms with Gasteiger partial charge in [-0.25, -0.2) is 0 Å². The minimum atomic E-state index is 0. The van der Waals surface area contributed by atoms with Crippen molar-refractivity contribution in [2.45, 2.75) is 25.5 Å². The average molecular weight is 328 g/mol. The lowest BCUT2D eigenvalue weighted by molar-refractivity contribution is -0.122. The molecule has 1 fully saturated rings. The molecule has 1 saturated heterocycles. The molecule has 1 unspecified atom stereocenters. The lowest BCUT2D eigenvalue weighted by Gasteiger charge is -2.21. The Bertz CT molecular complexity index is 425. The predicted molar refractivity (Wildman–Crippen MR) is 90.0 cm³/mol. The van der Waals surface area contributed by atoms with Crippen LogP contribution in [0.15, 0.2) is 30.3 Å². The summed E-state index contributed by atoms with van der Waals surface area (Å²) < 4.78 is 5.50. The van der Waals surface area contributed by atoms with Crippen LogP contribution in [0.4, 0.5) is 0 Å². The number of nitrogens with zero attached hydrogens (tertiary/aromatic N) is 1. The van der Waals surface area contributed by atoms with Crippen LogP contribution in [0.2, 0.25) is 0 Å². The first-order valence-corrected chi connectivity index (χ1v) is 7.62. The number of nitrogens with two attached hydrogens (primary N) is 1. The van der Waals surface area contributed by atoms with Crippen molar-refractivity contribution in [3.63, 3.8) is 0 Å². The highest BCUT2D eigenvalue weighted by atomic mass is 35.5. The molecule has 1 aliphatic rings. The summed E-state index contributed by atoms with van der Waals surface area (Å²) in [7, 11) is 0. The normalized spacial score (nSPS) is 17.3. The Labute approximate surface area is 138 Å². The number of rotatable bonds is 8. The molecule has 0 saturated carbocycles. The number of nitrogens with one attached hydrogen (secondary N) is 1. The summed E-state index contributed by atoms with van der Waals surface area (Å²) in [4.78, 5) is 14.1. The Morgan fingerprint density at radius 2 is 2.14 bits per heavy atom. The van der Waals surface area contributed by atoms with Gasteiger partial charge in [-0.3, -0.25) is 9.69 Å². The van der Waals surface area contributed by atoms with Gasteiger partial charge in [0.25, 0.3) is 0 Å². The van der Waals surface area contributed by atoms with E-state index in [0.29, 0.717) is 26.2 Å². The van der Waals surface area contributed by atoms with Crippen LogP contribution in [-0.4, -0.2) is 49.7 Å². The van der Waals surface area contributed by atoms with Crippen molar-refractivity contribution >= 4 is 18.3 Å². The van der Waals surface area contributed by atoms with Crippen LogP contribution >= 0.6 is 12.4 Å². The Balaban J connectivity index is 0.00000242. The van der Waals surface area contributed by atoms with Crippen molar-refractivity contribution < 1.29 is 9.53 Å². The summed E-state index contributed by atoms with van der Waals surface area (Å²) in [6.45, 7) is 3.80. The van der Waals surface area contributed by atoms with Gasteiger partial charge in [-0.05, 0) is 18.4 Å². The largest absolute Gasteiger partial charge is 0.376 e. The van der Waals surface area contributed by atoms with Gasteiger partial charge in [0.15, 0.2) is 0 Å². The quantitative estimate of drug-likeness (QED) is 0.752. The highest BCUT2D eigenvalue weighted by Crippen LogP contribution is 2.10. The first kappa shape index (κ1) is 18.9. The third-order valence-electron chi connectivity index (χ3n) is 3.61. The van der Waals surface area contributed by atoms with Gasteiger partial charge in [0.1, 0.15) is 0 Å². The molecule has 0 bridgehead atoms. The molecule has 1 aromatic carbocycles. The van der Waals surface area contributed by atoms with Crippen molar-refractivity contribution in [1.82, 2.24) is 10.2 Å². The predicted octanol–water partition coefficient (Wildman–Crippen LogP) is 1.16. The molecule has 1 aliphatic heterocycles. The van der Waals surface area contributed by atoms with Crippen LogP contribution in [0.1, 0.15) is 18.4 Å². The Kier molecular flexibility index (Phi) is 9.08. The first-order chi connectivity index (χ1) is 10.3. The van der Waals surface area contributed by atoms with Gasteiger partial charge in [0.2, 0.25) is 5.91 Å². The molecule has 22 heavy (non-hydrogen) atoms. The van der Waals surface area contributed by atoms with E-state index < -0.39 is 0 Å². The van der Waals surface area contributed by atoms with Gasteiger partial charge in [0.05, 0.1) is 12.6 Å². The number of ether oxygens (including phenoxy) is 1. The molecular weight excluding hydrogens is 302 g/mol. The van der Waals surface area contributed by atoms with E-state index in [-0.39, 0.29) is 24.4 Å². The molecule has 0 radical (unpaired) electrons. The minimum Gasteiger partial charge on any atom is -0.376 e. The van der Waals surface area contributed by atoms with E-state index >= 15 is 0 Å². The van der Waals surface area contributed by atoms with Gasteiger partial charge in [-0.2, -0.15) is 0 Å². The molecule has 1 atom stereocenters. The zero-order chi connectivity index (χ0) is 14.9. The summed E-state index contributed by atoms with van der Waals surface area (Å²) in [5, 5.41) is 2.95. The maximum absolute atomic E-state index is 12.0. The van der Waals surface area contributed by atoms with Crippen molar-refractivity contribution in [1.29, 1.82) is 0 Å². The number of hydrogen-bond donors (Lipinski definition) is 2. The molecule has 0 spiro atoms. The maximum Gasteiger partial charge on any atom is 0.234 e. The molecule has 0 aromatic heterocycles. The smallest absolute Gasteiger partial charge is 0.234 e. The number of carbonyl (C=O) groups is 1. The minimum absolute atomic E-state index is 0. The third kappa shape index (κ3) is 6.75. The topological polar surface area (TPSA) is 67.6 Å². The second-order valence-electron chi connectivity index (χ2n) is 5.42. The van der Waals surface area contributed by atoms with Crippen molar-refractivity contribution in [2.75, 3.05) is 32.8 Å². The van der Waals surface area contributed by atoms with Crippen LogP contribution in [0, 0.1) is 0 Å². The van der Waals surface area contributed by atoms with Crippen LogP contribution in [0.25, 0.3) is 0 Å². The monoisotopic (exact) mass is 327 g/mol. The molecule has 6 heteroatoms. The van der Waals surface area contributed by atoms with E-state index in [1.807, 2.05) is 18.2 Å². The number of hydrogen-bond acceptors (Lipinski definition) is 4. The van der Waals surface area contributed by atoms with Gasteiger partial charge >= 0.3 is 0 Å². The summed E-state index contributed by atoms with van der Waals surface area (Å²) >= 11 is 0. The summed E-state index contributed by atoms with van der Waals surface area (Å²) in [5.41, 5.74) is 6.83. The van der Waals surface area contributed by atoms with Crippen LogP contribution in [-0.2, 0) is 16.1 Å². The fourth-order valence-corrected chi connectivity index (χ4v) is 2.53. The fourth-order valence-electron chi connectivity index (χ4n) is 2.53. The van der Waals surface area contributed by atoms with Gasteiger partial charge in [0, 0.05) is 32.8 Å². The van der Waals surface area contributed by atoms with Crippen molar-refractivity contribution in [3.05, 3.63) is 35.9 Å². The number of amides is 1. The number of halogens is 1. The van der Waals surface area contributed by atoms with Crippen LogP contribution in [0.5, 0.6) is 0 Å². The van der Waals surface area contributed by atoms with Crippen LogP contribution < -0.4 is 11.1 Å². The first-order valence-electron chi connectivity index (χ1n) is 7.62. The summed E-state index contributed by atoms with van der Waals surface area (Å²) in [6.07, 6.45) is 2.32. The summed E-state index contributed by atoms with van der Waals surface area (Å²) in [6, 6.07) is 10.1. The van der Waals surface area contributed by atoms with E-state index in [1.165, 1.54) is 5.56 Å². The van der Waals surface area contributed by atoms with E-state index in [9.17, 15) is 4.79 Å². The van der Waals surface area contributed by atoms with Gasteiger partial charge in [-0.15, -0.1) is 12.4 Å². The molecule has 0 aliphatic carbocycles. The number of benzene rings is 1. The highest BCUT2D eigenvalue weighted by Gasteiger charge is 2.17. The molecule has 124 valence electrons. The van der Waals surface area contributed by atoms with E-state index in [4.69, 9.17) is 10.5 Å². The SMILES string of the molecule is Cl.NCCN(CC(=O)NCC1CCCO1)Cc1ccccc1.